The average molecular weight is 1190 g/mol. The number of hydrogen-bond donors (Lipinski definition) is 0. The molecule has 0 saturated heterocycles. The molecule has 4 aliphatic heterocycles. The highest BCUT2D eigenvalue weighted by Gasteiger charge is 2.47. The zero-order chi connectivity index (χ0) is 63.1. The molecule has 442 valence electrons. The van der Waals surface area contributed by atoms with E-state index in [1.165, 1.54) is 44.0 Å². The van der Waals surface area contributed by atoms with Gasteiger partial charge in [0.2, 0.25) is 0 Å². The second kappa shape index (κ2) is 20.7. The van der Waals surface area contributed by atoms with Gasteiger partial charge in [-0.25, -0.2) is 9.80 Å². The summed E-state index contributed by atoms with van der Waals surface area (Å²) in [5.41, 5.74) is 17.7. The van der Waals surface area contributed by atoms with Gasteiger partial charge in [-0.3, -0.25) is 48.2 Å². The van der Waals surface area contributed by atoms with E-state index >= 15 is 0 Å². The summed E-state index contributed by atoms with van der Waals surface area (Å²) in [5, 5.41) is 0. The van der Waals surface area contributed by atoms with Gasteiger partial charge in [0.15, 0.2) is 0 Å². The van der Waals surface area contributed by atoms with Crippen molar-refractivity contribution in [1.82, 2.24) is 9.80 Å². The monoisotopic (exact) mass is 1190 g/mol. The molecular weight excluding hydrogens is 1130 g/mol. The number of carbonyl (C=O) groups excluding carboxylic acids is 8. The van der Waals surface area contributed by atoms with Gasteiger partial charge in [-0.05, 0) is 184 Å². The van der Waals surface area contributed by atoms with Crippen LogP contribution in [0.5, 0.6) is 0 Å². The number of aryl methyl sites for hydroxylation is 3. The van der Waals surface area contributed by atoms with E-state index in [4.69, 9.17) is 0 Å². The first-order valence-electron chi connectivity index (χ1n) is 30.4. The fraction of sp³-hybridized carbons (Fsp3) is 0.139. The van der Waals surface area contributed by atoms with E-state index in [-0.39, 0.29) is 24.3 Å². The highest BCUT2D eigenvalue weighted by Crippen LogP contribution is 2.56. The summed E-state index contributed by atoms with van der Waals surface area (Å²) in [6.07, 6.45) is 0.735. The fourth-order valence-electron chi connectivity index (χ4n) is 14.4. The van der Waals surface area contributed by atoms with Crippen molar-refractivity contribution in [2.75, 3.05) is 16.8 Å². The van der Waals surface area contributed by atoms with Gasteiger partial charge in [0, 0.05) is 12.5 Å². The van der Waals surface area contributed by atoms with Crippen molar-refractivity contribution < 1.29 is 38.4 Å². The van der Waals surface area contributed by atoms with Crippen LogP contribution in [-0.2, 0) is 30.2 Å². The number of fused-ring (bicyclic) bond motifs is 7. The number of rotatable bonds is 12. The molecule has 4 heterocycles. The van der Waals surface area contributed by atoms with Crippen molar-refractivity contribution in [3.63, 3.8) is 0 Å². The maximum atomic E-state index is 14.3. The minimum absolute atomic E-state index is 0.0640. The first kappa shape index (κ1) is 56.3. The number of hydrogen-bond acceptors (Lipinski definition) is 8. The van der Waals surface area contributed by atoms with Gasteiger partial charge in [-0.1, -0.05) is 159 Å². The van der Waals surface area contributed by atoms with Gasteiger partial charge in [-0.2, -0.15) is 0 Å². The van der Waals surface area contributed by atoms with Crippen LogP contribution in [-0.4, -0.2) is 64.1 Å². The Bertz CT molecular complexity index is 4910. The predicted molar refractivity (Wildman–Crippen MR) is 347 cm³/mol. The highest BCUT2D eigenvalue weighted by molar-refractivity contribution is 6.35. The van der Waals surface area contributed by atoms with E-state index in [1.54, 1.807) is 60.7 Å². The number of nitrogens with zero attached hydrogens (tertiary/aromatic N) is 4. The van der Waals surface area contributed by atoms with Crippen LogP contribution in [0.2, 0.25) is 0 Å². The standard InChI is InChI=1S/C79H58N4O8/c1-44-15-22-52(23-16-44)79(67-13-9-7-11-57(67)58-12-8-10-14-68(58)79)53-25-28-56(29-26-53)82-74(88)61-32-19-49(41-65(61)76(82)90)38-48-18-31-60-64(40-48)73(87)81(72(60)86)43-51-21-24-54(35-45(51)2)78(4,5)55-27-34-69(46(3)36-55)83-75(89)62-33-20-50(42-66(62)77(83)91)37-47-17-30-59-63(39-47)71(85)80(6)70(59)84/h7-36,39-42H,37-38,43H2,1-6H3. The molecule has 8 amide bonds. The van der Waals surface area contributed by atoms with Gasteiger partial charge >= 0.3 is 0 Å². The van der Waals surface area contributed by atoms with E-state index < -0.39 is 40.4 Å². The molecule has 0 unspecified atom stereocenters. The quantitative estimate of drug-likeness (QED) is 0.110. The minimum atomic E-state index is -0.634. The van der Waals surface area contributed by atoms with Crippen LogP contribution in [0, 0.1) is 20.8 Å². The predicted octanol–water partition coefficient (Wildman–Crippen LogP) is 14.1. The lowest BCUT2D eigenvalue weighted by atomic mass is 9.67. The number of imide groups is 4. The van der Waals surface area contributed by atoms with Crippen LogP contribution >= 0.6 is 0 Å². The number of anilines is 2. The zero-order valence-electron chi connectivity index (χ0n) is 50.8. The van der Waals surface area contributed by atoms with Gasteiger partial charge in [0.25, 0.3) is 47.3 Å². The Labute approximate surface area is 525 Å². The van der Waals surface area contributed by atoms with E-state index in [9.17, 15) is 38.4 Å². The second-order valence-electron chi connectivity index (χ2n) is 25.2. The molecule has 12 heteroatoms. The molecule has 15 rings (SSSR count). The molecule has 0 atom stereocenters. The second-order valence-corrected chi connectivity index (χ2v) is 25.2. The molecule has 0 fully saturated rings. The molecule has 10 aromatic carbocycles. The van der Waals surface area contributed by atoms with Crippen molar-refractivity contribution in [3.8, 4) is 11.1 Å². The molecule has 0 spiro atoms. The molecule has 10 aromatic rings. The molecule has 1 aliphatic carbocycles. The highest BCUT2D eigenvalue weighted by atomic mass is 16.2. The van der Waals surface area contributed by atoms with Gasteiger partial charge < -0.3 is 0 Å². The summed E-state index contributed by atoms with van der Waals surface area (Å²) < 4.78 is 0. The summed E-state index contributed by atoms with van der Waals surface area (Å²) in [7, 11) is 1.46. The first-order valence-corrected chi connectivity index (χ1v) is 30.4. The Morgan fingerprint density at radius 3 is 1.30 bits per heavy atom. The molecule has 12 nitrogen and oxygen atoms in total. The van der Waals surface area contributed by atoms with Crippen molar-refractivity contribution in [2.24, 2.45) is 0 Å². The summed E-state index contributed by atoms with van der Waals surface area (Å²) >= 11 is 0. The fourth-order valence-corrected chi connectivity index (χ4v) is 14.4. The topological polar surface area (TPSA) is 150 Å². The lowest BCUT2D eigenvalue weighted by Gasteiger charge is -2.34. The van der Waals surface area contributed by atoms with E-state index in [0.29, 0.717) is 68.7 Å². The minimum Gasteiger partial charge on any atom is -0.277 e. The Kier molecular flexibility index (Phi) is 12.8. The lowest BCUT2D eigenvalue weighted by molar-refractivity contribution is 0.0637. The smallest absolute Gasteiger partial charge is 0.266 e. The first-order chi connectivity index (χ1) is 43.8. The molecule has 91 heavy (non-hydrogen) atoms. The summed E-state index contributed by atoms with van der Waals surface area (Å²) in [4.78, 5) is 115. The molecule has 0 radical (unpaired) electrons. The third-order valence-electron chi connectivity index (χ3n) is 19.5. The van der Waals surface area contributed by atoms with Crippen LogP contribution in [0.25, 0.3) is 11.1 Å². The van der Waals surface area contributed by atoms with Gasteiger partial charge in [0.1, 0.15) is 0 Å². The third kappa shape index (κ3) is 8.57. The van der Waals surface area contributed by atoms with Crippen molar-refractivity contribution in [3.05, 3.63) is 329 Å². The van der Waals surface area contributed by atoms with E-state index in [2.05, 4.69) is 99.6 Å². The summed E-state index contributed by atoms with van der Waals surface area (Å²) in [6.45, 7) is 10.2. The van der Waals surface area contributed by atoms with Crippen LogP contribution in [0.15, 0.2) is 206 Å². The molecule has 0 aromatic heterocycles. The number of amides is 8. The SMILES string of the molecule is Cc1ccc(C2(c3ccc(N4C(=O)c5ccc(Cc6ccc7c(c6)C(=O)N(Cc6ccc(C(C)(C)c8ccc(N9C(=O)c%10ccc(Cc%11ccc%12c(c%11)C(=O)N(C)C%12=O)cc%10C9=O)c(C)c8)cc6C)C7=O)cc5C4=O)cc3)c3ccccc3-c3ccccc32)cc1. The third-order valence-corrected chi connectivity index (χ3v) is 19.5. The van der Waals surface area contributed by atoms with Crippen molar-refractivity contribution >= 4 is 58.6 Å². The maximum absolute atomic E-state index is 14.3. The summed E-state index contributed by atoms with van der Waals surface area (Å²) in [6, 6.07) is 66.1. The Balaban J connectivity index is 0.614. The maximum Gasteiger partial charge on any atom is 0.266 e. The Morgan fingerprint density at radius 2 is 0.769 bits per heavy atom. The number of benzene rings is 10. The Morgan fingerprint density at radius 1 is 0.363 bits per heavy atom. The van der Waals surface area contributed by atoms with Gasteiger partial charge in [0.05, 0.1) is 67.8 Å². The Hall–Kier alpha value is -11.2. The number of carbonyl (C=O) groups is 8. The van der Waals surface area contributed by atoms with Crippen molar-refractivity contribution in [1.29, 1.82) is 0 Å². The lowest BCUT2D eigenvalue weighted by Crippen LogP contribution is -2.30. The van der Waals surface area contributed by atoms with Crippen LogP contribution < -0.4 is 9.80 Å². The molecule has 5 aliphatic rings. The van der Waals surface area contributed by atoms with Crippen molar-refractivity contribution in [2.45, 2.75) is 64.8 Å². The zero-order valence-corrected chi connectivity index (χ0v) is 50.8. The molecule has 0 bridgehead atoms. The van der Waals surface area contributed by atoms with E-state index in [1.807, 2.05) is 80.6 Å². The molecular formula is C79H58N4O8. The summed E-state index contributed by atoms with van der Waals surface area (Å²) in [5.74, 6) is -3.14. The van der Waals surface area contributed by atoms with Crippen LogP contribution in [0.3, 0.4) is 0 Å². The van der Waals surface area contributed by atoms with Gasteiger partial charge in [-0.15, -0.1) is 0 Å². The molecule has 0 saturated carbocycles. The normalized spacial score (nSPS) is 15.2. The largest absolute Gasteiger partial charge is 0.277 e. The van der Waals surface area contributed by atoms with Crippen LogP contribution in [0.1, 0.15) is 175 Å². The molecule has 0 N–H and O–H groups in total. The van der Waals surface area contributed by atoms with Crippen LogP contribution in [0.4, 0.5) is 11.4 Å². The van der Waals surface area contributed by atoms with E-state index in [0.717, 1.165) is 71.7 Å². The average Bonchev–Trinajstić information content (AvgIpc) is 1.54.